The second kappa shape index (κ2) is 5.11. The van der Waals surface area contributed by atoms with Crippen molar-refractivity contribution in [3.63, 3.8) is 0 Å². The molecule has 0 unspecified atom stereocenters. The first-order valence-corrected chi connectivity index (χ1v) is 6.48. The first kappa shape index (κ1) is 11.7. The molecule has 94 valence electrons. The molecule has 0 radical (unpaired) electrons. The molecule has 0 atom stereocenters. The number of benzene rings is 2. The number of imidazole rings is 1. The van der Waals surface area contributed by atoms with E-state index in [0.717, 1.165) is 17.9 Å². The van der Waals surface area contributed by atoms with Crippen LogP contribution in [0.15, 0.2) is 60.7 Å². The van der Waals surface area contributed by atoms with E-state index in [-0.39, 0.29) is 0 Å². The van der Waals surface area contributed by atoms with Gasteiger partial charge < -0.3 is 4.57 Å². The predicted molar refractivity (Wildman–Crippen MR) is 79.9 cm³/mol. The maximum atomic E-state index is 4.57. The third-order valence-corrected chi connectivity index (χ3v) is 3.24. The Balaban J connectivity index is 1.86. The Bertz CT molecular complexity index is 708. The highest BCUT2D eigenvalue weighted by molar-refractivity contribution is 5.75. The normalized spacial score (nSPS) is 11.4. The molecular weight excluding hydrogens is 232 g/mol. The molecule has 2 heteroatoms. The Labute approximate surface area is 113 Å². The SMILES string of the molecule is Cc1nc2ccccc2n1C/C=C\c1ccccc1. The van der Waals surface area contributed by atoms with Crippen LogP contribution in [0, 0.1) is 6.92 Å². The molecule has 2 aromatic carbocycles. The minimum atomic E-state index is 0.848. The highest BCUT2D eigenvalue weighted by Gasteiger charge is 2.04. The van der Waals surface area contributed by atoms with Gasteiger partial charge in [0.2, 0.25) is 0 Å². The van der Waals surface area contributed by atoms with Crippen molar-refractivity contribution < 1.29 is 0 Å². The standard InChI is InChI=1S/C17H16N2/c1-14-18-16-11-5-6-12-17(16)19(14)13-7-10-15-8-3-2-4-9-15/h2-12H,13H2,1H3/b10-7-. The van der Waals surface area contributed by atoms with Crippen LogP contribution < -0.4 is 0 Å². The van der Waals surface area contributed by atoms with Gasteiger partial charge in [0.25, 0.3) is 0 Å². The van der Waals surface area contributed by atoms with E-state index in [2.05, 4.69) is 71.1 Å². The van der Waals surface area contributed by atoms with Crippen LogP contribution in [0.2, 0.25) is 0 Å². The molecule has 0 spiro atoms. The van der Waals surface area contributed by atoms with E-state index < -0.39 is 0 Å². The topological polar surface area (TPSA) is 17.8 Å². The second-order valence-corrected chi connectivity index (χ2v) is 4.57. The van der Waals surface area contributed by atoms with Gasteiger partial charge in [-0.15, -0.1) is 0 Å². The van der Waals surface area contributed by atoms with Gasteiger partial charge in [0.15, 0.2) is 0 Å². The zero-order chi connectivity index (χ0) is 13.1. The van der Waals surface area contributed by atoms with Crippen LogP contribution in [0.3, 0.4) is 0 Å². The summed E-state index contributed by atoms with van der Waals surface area (Å²) in [7, 11) is 0. The van der Waals surface area contributed by atoms with E-state index in [9.17, 15) is 0 Å². The third kappa shape index (κ3) is 2.43. The summed E-state index contributed by atoms with van der Waals surface area (Å²) < 4.78 is 2.23. The van der Waals surface area contributed by atoms with Gasteiger partial charge >= 0.3 is 0 Å². The Morgan fingerprint density at radius 1 is 1.00 bits per heavy atom. The van der Waals surface area contributed by atoms with E-state index in [1.807, 2.05) is 12.1 Å². The number of para-hydroxylation sites is 2. The summed E-state index contributed by atoms with van der Waals surface area (Å²) >= 11 is 0. The van der Waals surface area contributed by atoms with Gasteiger partial charge in [-0.05, 0) is 24.6 Å². The first-order valence-electron chi connectivity index (χ1n) is 6.48. The lowest BCUT2D eigenvalue weighted by molar-refractivity contribution is 0.808. The van der Waals surface area contributed by atoms with Crippen molar-refractivity contribution in [2.75, 3.05) is 0 Å². The Kier molecular flexibility index (Phi) is 3.15. The maximum absolute atomic E-state index is 4.57. The lowest BCUT2D eigenvalue weighted by Crippen LogP contribution is -1.97. The van der Waals surface area contributed by atoms with Crippen molar-refractivity contribution in [3.8, 4) is 0 Å². The van der Waals surface area contributed by atoms with Gasteiger partial charge in [0.05, 0.1) is 11.0 Å². The Hall–Kier alpha value is -2.35. The molecule has 0 fully saturated rings. The summed E-state index contributed by atoms with van der Waals surface area (Å²) in [6.45, 7) is 2.90. The van der Waals surface area contributed by atoms with Crippen molar-refractivity contribution in [3.05, 3.63) is 72.1 Å². The van der Waals surface area contributed by atoms with E-state index in [0.29, 0.717) is 0 Å². The molecule has 0 bridgehead atoms. The van der Waals surface area contributed by atoms with Crippen LogP contribution >= 0.6 is 0 Å². The summed E-state index contributed by atoms with van der Waals surface area (Å²) in [5.74, 6) is 1.05. The highest BCUT2D eigenvalue weighted by Crippen LogP contribution is 2.15. The number of hydrogen-bond acceptors (Lipinski definition) is 1. The molecule has 0 aliphatic rings. The van der Waals surface area contributed by atoms with E-state index in [4.69, 9.17) is 0 Å². The smallest absolute Gasteiger partial charge is 0.107 e. The maximum Gasteiger partial charge on any atom is 0.107 e. The fourth-order valence-electron chi connectivity index (χ4n) is 2.28. The van der Waals surface area contributed by atoms with Crippen molar-refractivity contribution in [1.82, 2.24) is 9.55 Å². The fourth-order valence-corrected chi connectivity index (χ4v) is 2.28. The molecular formula is C17H16N2. The van der Waals surface area contributed by atoms with Crippen LogP contribution in [-0.4, -0.2) is 9.55 Å². The van der Waals surface area contributed by atoms with Crippen LogP contribution in [0.4, 0.5) is 0 Å². The lowest BCUT2D eigenvalue weighted by atomic mass is 10.2. The van der Waals surface area contributed by atoms with Gasteiger partial charge in [-0.25, -0.2) is 4.98 Å². The van der Waals surface area contributed by atoms with Crippen LogP contribution in [0.25, 0.3) is 17.1 Å². The molecule has 19 heavy (non-hydrogen) atoms. The van der Waals surface area contributed by atoms with Crippen LogP contribution in [0.5, 0.6) is 0 Å². The van der Waals surface area contributed by atoms with Crippen LogP contribution in [-0.2, 0) is 6.54 Å². The summed E-state index contributed by atoms with van der Waals surface area (Å²) in [6, 6.07) is 18.6. The molecule has 2 nitrogen and oxygen atoms in total. The quantitative estimate of drug-likeness (QED) is 0.683. The molecule has 1 aromatic heterocycles. The summed E-state index contributed by atoms with van der Waals surface area (Å²) in [5.41, 5.74) is 3.48. The third-order valence-electron chi connectivity index (χ3n) is 3.24. The average Bonchev–Trinajstić information content (AvgIpc) is 2.76. The molecule has 0 saturated heterocycles. The number of allylic oxidation sites excluding steroid dienone is 1. The molecule has 3 rings (SSSR count). The number of rotatable bonds is 3. The molecule has 1 heterocycles. The molecule has 0 aliphatic heterocycles. The molecule has 3 aromatic rings. The van der Waals surface area contributed by atoms with Crippen molar-refractivity contribution >= 4 is 17.1 Å². The fraction of sp³-hybridized carbons (Fsp3) is 0.118. The minimum absolute atomic E-state index is 0.848. The lowest BCUT2D eigenvalue weighted by Gasteiger charge is -2.02. The van der Waals surface area contributed by atoms with E-state index in [1.54, 1.807) is 0 Å². The van der Waals surface area contributed by atoms with Crippen LogP contribution in [0.1, 0.15) is 11.4 Å². The molecule has 0 amide bonds. The van der Waals surface area contributed by atoms with Crippen molar-refractivity contribution in [1.29, 1.82) is 0 Å². The number of nitrogens with zero attached hydrogens (tertiary/aromatic N) is 2. The molecule has 0 aliphatic carbocycles. The minimum Gasteiger partial charge on any atom is -0.324 e. The zero-order valence-electron chi connectivity index (χ0n) is 11.0. The number of fused-ring (bicyclic) bond motifs is 1. The van der Waals surface area contributed by atoms with Gasteiger partial charge in [0.1, 0.15) is 5.82 Å². The monoisotopic (exact) mass is 248 g/mol. The first-order chi connectivity index (χ1) is 9.34. The Morgan fingerprint density at radius 2 is 1.74 bits per heavy atom. The van der Waals surface area contributed by atoms with Crippen molar-refractivity contribution in [2.45, 2.75) is 13.5 Å². The number of aromatic nitrogens is 2. The highest BCUT2D eigenvalue weighted by atomic mass is 15.1. The Morgan fingerprint density at radius 3 is 2.58 bits per heavy atom. The number of hydrogen-bond donors (Lipinski definition) is 0. The van der Waals surface area contributed by atoms with Gasteiger partial charge in [-0.2, -0.15) is 0 Å². The van der Waals surface area contributed by atoms with Crippen molar-refractivity contribution in [2.24, 2.45) is 0 Å². The van der Waals surface area contributed by atoms with Gasteiger partial charge in [0, 0.05) is 6.54 Å². The number of aryl methyl sites for hydroxylation is 1. The predicted octanol–water partition coefficient (Wildman–Crippen LogP) is 4.06. The molecule has 0 saturated carbocycles. The van der Waals surface area contributed by atoms with Gasteiger partial charge in [-0.3, -0.25) is 0 Å². The summed E-state index contributed by atoms with van der Waals surface area (Å²) in [5, 5.41) is 0. The summed E-state index contributed by atoms with van der Waals surface area (Å²) in [6.07, 6.45) is 4.32. The molecule has 0 N–H and O–H groups in total. The largest absolute Gasteiger partial charge is 0.324 e. The zero-order valence-corrected chi connectivity index (χ0v) is 11.0. The average molecular weight is 248 g/mol. The second-order valence-electron chi connectivity index (χ2n) is 4.57. The van der Waals surface area contributed by atoms with Gasteiger partial charge in [-0.1, -0.05) is 54.6 Å². The van der Waals surface area contributed by atoms with E-state index >= 15 is 0 Å². The summed E-state index contributed by atoms with van der Waals surface area (Å²) in [4.78, 5) is 4.57. The van der Waals surface area contributed by atoms with E-state index in [1.165, 1.54) is 11.1 Å².